The van der Waals surface area contributed by atoms with Crippen molar-refractivity contribution in [3.63, 3.8) is 0 Å². The van der Waals surface area contributed by atoms with Crippen LogP contribution in [0.2, 0.25) is 0 Å². The fourth-order valence-electron chi connectivity index (χ4n) is 3.52. The molecule has 0 atom stereocenters. The highest BCUT2D eigenvalue weighted by Crippen LogP contribution is 2.20. The molecule has 1 heterocycles. The summed E-state index contributed by atoms with van der Waals surface area (Å²) >= 11 is 0. The van der Waals surface area contributed by atoms with Crippen molar-refractivity contribution in [2.75, 3.05) is 32.0 Å². The molecule has 1 aliphatic rings. The Balaban J connectivity index is 1.44. The van der Waals surface area contributed by atoms with E-state index in [0.29, 0.717) is 31.6 Å². The molecule has 1 fully saturated rings. The van der Waals surface area contributed by atoms with E-state index in [0.717, 1.165) is 5.56 Å². The number of halogens is 1. The highest BCUT2D eigenvalue weighted by atomic mass is 19.1. The van der Waals surface area contributed by atoms with Gasteiger partial charge >= 0.3 is 0 Å². The first-order valence-electron chi connectivity index (χ1n) is 10.2. The zero-order chi connectivity index (χ0) is 22.2. The van der Waals surface area contributed by atoms with E-state index < -0.39 is 0 Å². The number of carbonyl (C=O) groups is 3. The molecule has 1 aliphatic heterocycles. The molecule has 2 aromatic carbocycles. The number of hydrogen-bond donors (Lipinski definition) is 1. The summed E-state index contributed by atoms with van der Waals surface area (Å²) in [6.45, 7) is 0.920. The summed E-state index contributed by atoms with van der Waals surface area (Å²) < 4.78 is 13.0. The first kappa shape index (κ1) is 22.2. The molecule has 0 unspecified atom stereocenters. The lowest BCUT2D eigenvalue weighted by molar-refractivity contribution is -0.140. The molecule has 6 nitrogen and oxygen atoms in total. The lowest BCUT2D eigenvalue weighted by Crippen LogP contribution is -2.44. The molecule has 0 aromatic heterocycles. The molecule has 0 spiro atoms. The van der Waals surface area contributed by atoms with Gasteiger partial charge in [0.15, 0.2) is 0 Å². The minimum Gasteiger partial charge on any atom is -0.339 e. The van der Waals surface area contributed by atoms with Crippen LogP contribution in [0, 0.1) is 11.7 Å². The average Bonchev–Trinajstić information content (AvgIpc) is 2.79. The highest BCUT2D eigenvalue weighted by molar-refractivity contribution is 5.95. The van der Waals surface area contributed by atoms with Crippen molar-refractivity contribution in [2.24, 2.45) is 5.92 Å². The van der Waals surface area contributed by atoms with Crippen LogP contribution in [0.5, 0.6) is 0 Å². The monoisotopic (exact) mass is 423 g/mol. The average molecular weight is 423 g/mol. The Hall–Kier alpha value is -3.48. The fraction of sp³-hybridized carbons (Fsp3) is 0.292. The third kappa shape index (κ3) is 6.50. The number of carbonyl (C=O) groups excluding carboxylic acids is 3. The molecule has 3 rings (SSSR count). The van der Waals surface area contributed by atoms with E-state index >= 15 is 0 Å². The first-order valence-corrected chi connectivity index (χ1v) is 10.2. The van der Waals surface area contributed by atoms with Crippen molar-refractivity contribution in [1.82, 2.24) is 9.80 Å². The van der Waals surface area contributed by atoms with Crippen molar-refractivity contribution >= 4 is 29.5 Å². The molecule has 7 heteroatoms. The van der Waals surface area contributed by atoms with Gasteiger partial charge < -0.3 is 15.1 Å². The molecular weight excluding hydrogens is 397 g/mol. The molecule has 0 aliphatic carbocycles. The largest absolute Gasteiger partial charge is 0.339 e. The number of likely N-dealkylation sites (tertiary alicyclic amines) is 1. The first-order chi connectivity index (χ1) is 14.9. The molecule has 162 valence electrons. The van der Waals surface area contributed by atoms with Gasteiger partial charge in [0.2, 0.25) is 17.7 Å². The zero-order valence-corrected chi connectivity index (χ0v) is 17.5. The second-order valence-electron chi connectivity index (χ2n) is 7.59. The Labute approximate surface area is 181 Å². The number of nitrogens with zero attached hydrogens (tertiary/aromatic N) is 2. The van der Waals surface area contributed by atoms with E-state index in [2.05, 4.69) is 5.32 Å². The zero-order valence-electron chi connectivity index (χ0n) is 17.5. The van der Waals surface area contributed by atoms with Crippen LogP contribution in [0.3, 0.4) is 0 Å². The Morgan fingerprint density at radius 2 is 1.71 bits per heavy atom. The van der Waals surface area contributed by atoms with Gasteiger partial charge in [0.1, 0.15) is 5.82 Å². The van der Waals surface area contributed by atoms with Crippen LogP contribution in [0.15, 0.2) is 60.7 Å². The summed E-state index contributed by atoms with van der Waals surface area (Å²) in [6.07, 6.45) is 4.47. The van der Waals surface area contributed by atoms with Crippen molar-refractivity contribution in [3.8, 4) is 0 Å². The highest BCUT2D eigenvalue weighted by Gasteiger charge is 2.29. The van der Waals surface area contributed by atoms with Crippen molar-refractivity contribution in [3.05, 3.63) is 72.1 Å². The van der Waals surface area contributed by atoms with E-state index in [1.54, 1.807) is 24.1 Å². The minimum atomic E-state index is -0.384. The van der Waals surface area contributed by atoms with Crippen LogP contribution < -0.4 is 5.32 Å². The summed E-state index contributed by atoms with van der Waals surface area (Å²) in [7, 11) is 1.59. The van der Waals surface area contributed by atoms with Crippen LogP contribution in [-0.2, 0) is 14.4 Å². The van der Waals surface area contributed by atoms with Crippen LogP contribution in [0.25, 0.3) is 6.08 Å². The number of nitrogens with one attached hydrogen (secondary N) is 1. The predicted molar refractivity (Wildman–Crippen MR) is 117 cm³/mol. The van der Waals surface area contributed by atoms with Gasteiger partial charge in [-0.3, -0.25) is 14.4 Å². The van der Waals surface area contributed by atoms with Crippen LogP contribution >= 0.6 is 0 Å². The van der Waals surface area contributed by atoms with Gasteiger partial charge in [0, 0.05) is 37.8 Å². The van der Waals surface area contributed by atoms with E-state index in [4.69, 9.17) is 0 Å². The topological polar surface area (TPSA) is 69.7 Å². The summed E-state index contributed by atoms with van der Waals surface area (Å²) in [4.78, 5) is 40.4. The summed E-state index contributed by atoms with van der Waals surface area (Å²) in [6, 6.07) is 15.1. The fourth-order valence-corrected chi connectivity index (χ4v) is 3.52. The molecule has 0 radical (unpaired) electrons. The number of amides is 3. The molecular formula is C24H26FN3O3. The summed E-state index contributed by atoms with van der Waals surface area (Å²) in [5.74, 6) is -1.12. The molecule has 2 aromatic rings. The van der Waals surface area contributed by atoms with Crippen LogP contribution in [0.4, 0.5) is 10.1 Å². The SMILES string of the molecule is CN(CC(=O)Nc1ccc(F)cc1)C(=O)C1CCN(C(=O)/C=C/c2ccccc2)CC1. The molecule has 0 bridgehead atoms. The quantitative estimate of drug-likeness (QED) is 0.726. The molecule has 1 N–H and O–H groups in total. The van der Waals surface area contributed by atoms with Crippen molar-refractivity contribution in [1.29, 1.82) is 0 Å². The number of rotatable bonds is 6. The normalized spacial score (nSPS) is 14.5. The van der Waals surface area contributed by atoms with E-state index in [1.165, 1.54) is 29.2 Å². The third-order valence-electron chi connectivity index (χ3n) is 5.26. The lowest BCUT2D eigenvalue weighted by atomic mass is 9.95. The second-order valence-corrected chi connectivity index (χ2v) is 7.59. The minimum absolute atomic E-state index is 0.0678. The molecule has 0 saturated carbocycles. The van der Waals surface area contributed by atoms with E-state index in [9.17, 15) is 18.8 Å². The van der Waals surface area contributed by atoms with Crippen molar-refractivity contribution in [2.45, 2.75) is 12.8 Å². The van der Waals surface area contributed by atoms with Gasteiger partial charge in [-0.2, -0.15) is 0 Å². The van der Waals surface area contributed by atoms with Gasteiger partial charge in [0.05, 0.1) is 6.54 Å². The maximum absolute atomic E-state index is 13.0. The number of anilines is 1. The van der Waals surface area contributed by atoms with Gasteiger partial charge in [0.25, 0.3) is 0 Å². The Bertz CT molecular complexity index is 936. The van der Waals surface area contributed by atoms with Crippen molar-refractivity contribution < 1.29 is 18.8 Å². The van der Waals surface area contributed by atoms with Crippen LogP contribution in [0.1, 0.15) is 18.4 Å². The smallest absolute Gasteiger partial charge is 0.246 e. The third-order valence-corrected chi connectivity index (χ3v) is 5.26. The Morgan fingerprint density at radius 1 is 1.06 bits per heavy atom. The van der Waals surface area contributed by atoms with Gasteiger partial charge in [-0.15, -0.1) is 0 Å². The van der Waals surface area contributed by atoms with Gasteiger partial charge in [-0.05, 0) is 48.7 Å². The molecule has 1 saturated heterocycles. The molecule has 31 heavy (non-hydrogen) atoms. The maximum atomic E-state index is 13.0. The number of likely N-dealkylation sites (N-methyl/N-ethyl adjacent to an activating group) is 1. The van der Waals surface area contributed by atoms with Gasteiger partial charge in [-0.1, -0.05) is 30.3 Å². The van der Waals surface area contributed by atoms with Crippen LogP contribution in [-0.4, -0.2) is 54.2 Å². The van der Waals surface area contributed by atoms with Gasteiger partial charge in [-0.25, -0.2) is 4.39 Å². The standard InChI is InChI=1S/C24H26FN3O3/c1-27(17-22(29)26-21-10-8-20(25)9-11-21)24(31)19-13-15-28(16-14-19)23(30)12-7-18-5-3-2-4-6-18/h2-12,19H,13-17H2,1H3,(H,26,29)/b12-7+. The van der Waals surface area contributed by atoms with E-state index in [1.807, 2.05) is 30.3 Å². The Morgan fingerprint density at radius 3 is 2.35 bits per heavy atom. The maximum Gasteiger partial charge on any atom is 0.246 e. The Kier molecular flexibility index (Phi) is 7.54. The number of piperidine rings is 1. The molecule has 3 amide bonds. The predicted octanol–water partition coefficient (Wildman–Crippen LogP) is 3.17. The summed E-state index contributed by atoms with van der Waals surface area (Å²) in [5, 5.41) is 2.65. The number of benzene rings is 2. The number of hydrogen-bond acceptors (Lipinski definition) is 3. The lowest BCUT2D eigenvalue weighted by Gasteiger charge is -2.32. The second kappa shape index (κ2) is 10.5. The van der Waals surface area contributed by atoms with E-state index in [-0.39, 0.29) is 36.0 Å². The summed E-state index contributed by atoms with van der Waals surface area (Å²) in [5.41, 5.74) is 1.43.